The number of anilines is 3. The number of nitrogens with one attached hydrogen (secondary N) is 2. The lowest BCUT2D eigenvalue weighted by molar-refractivity contribution is 0.0951. The van der Waals surface area contributed by atoms with E-state index >= 15 is 0 Å². The number of benzene rings is 2. The highest BCUT2D eigenvalue weighted by atomic mass is 35.5. The number of imidazole rings is 1. The van der Waals surface area contributed by atoms with Crippen molar-refractivity contribution in [3.63, 3.8) is 0 Å². The standard InChI is InChI=1S/C25H28ClFN8O3/c1-13(2)34-22-20(35(25(34)38)14-8-9-16(26)18(36)12-14)21(28)31-24(32-22)30-19-15(6-5-7-17(19)27)23(37)29-10-11-33(3)4/h5-9,12-13,36H,10-11H2,1-4H3,(H,29,37)(H3,28,30,31,32). The van der Waals surface area contributed by atoms with Crippen LogP contribution in [0.3, 0.4) is 0 Å². The van der Waals surface area contributed by atoms with E-state index in [-0.39, 0.29) is 51.0 Å². The van der Waals surface area contributed by atoms with Crippen LogP contribution in [0, 0.1) is 5.82 Å². The highest BCUT2D eigenvalue weighted by molar-refractivity contribution is 6.32. The van der Waals surface area contributed by atoms with Gasteiger partial charge in [-0.25, -0.2) is 9.18 Å². The summed E-state index contributed by atoms with van der Waals surface area (Å²) in [5.74, 6) is -1.56. The number of amides is 1. The minimum Gasteiger partial charge on any atom is -0.506 e. The van der Waals surface area contributed by atoms with Crippen LogP contribution >= 0.6 is 11.6 Å². The van der Waals surface area contributed by atoms with Crippen LogP contribution in [0.1, 0.15) is 30.2 Å². The molecule has 5 N–H and O–H groups in total. The molecule has 0 atom stereocenters. The third kappa shape index (κ3) is 5.13. The Bertz CT molecular complexity index is 1580. The van der Waals surface area contributed by atoms with Crippen molar-refractivity contribution in [1.82, 2.24) is 29.3 Å². The molecule has 0 fully saturated rings. The van der Waals surface area contributed by atoms with E-state index in [2.05, 4.69) is 20.6 Å². The molecule has 0 aliphatic rings. The number of nitrogens with two attached hydrogens (primary N) is 1. The maximum Gasteiger partial charge on any atom is 0.335 e. The van der Waals surface area contributed by atoms with Crippen molar-refractivity contribution in [2.24, 2.45) is 0 Å². The first kappa shape index (κ1) is 26.9. The van der Waals surface area contributed by atoms with Crippen molar-refractivity contribution < 1.29 is 14.3 Å². The van der Waals surface area contributed by atoms with Crippen molar-refractivity contribution in [3.05, 3.63) is 63.3 Å². The number of phenols is 1. The summed E-state index contributed by atoms with van der Waals surface area (Å²) < 4.78 is 17.6. The Morgan fingerprint density at radius 2 is 1.97 bits per heavy atom. The molecular weight excluding hydrogens is 515 g/mol. The number of fused-ring (bicyclic) bond motifs is 1. The lowest BCUT2D eigenvalue weighted by Gasteiger charge is -2.14. The molecule has 0 spiro atoms. The third-order valence-corrected chi connectivity index (χ3v) is 6.11. The summed E-state index contributed by atoms with van der Waals surface area (Å²) in [7, 11) is 3.75. The fraction of sp³-hybridized carbons (Fsp3) is 0.280. The maximum atomic E-state index is 14.9. The molecular formula is C25H28ClFN8O3. The Labute approximate surface area is 222 Å². The van der Waals surface area contributed by atoms with Crippen LogP contribution in [-0.2, 0) is 0 Å². The van der Waals surface area contributed by atoms with Crippen LogP contribution in [0.4, 0.5) is 21.8 Å². The van der Waals surface area contributed by atoms with Crippen LogP contribution in [0.15, 0.2) is 41.2 Å². The van der Waals surface area contributed by atoms with Gasteiger partial charge >= 0.3 is 5.69 Å². The summed E-state index contributed by atoms with van der Waals surface area (Å²) in [6.45, 7) is 4.56. The van der Waals surface area contributed by atoms with Gasteiger partial charge in [-0.3, -0.25) is 13.9 Å². The molecule has 0 unspecified atom stereocenters. The van der Waals surface area contributed by atoms with Gasteiger partial charge in [0, 0.05) is 25.2 Å². The average Bonchev–Trinajstić information content (AvgIpc) is 3.14. The first-order valence-corrected chi connectivity index (χ1v) is 12.1. The Morgan fingerprint density at radius 1 is 1.24 bits per heavy atom. The second-order valence-electron chi connectivity index (χ2n) is 9.17. The molecule has 0 radical (unpaired) electrons. The highest BCUT2D eigenvalue weighted by Gasteiger charge is 2.24. The Morgan fingerprint density at radius 3 is 2.63 bits per heavy atom. The minimum atomic E-state index is -0.692. The summed E-state index contributed by atoms with van der Waals surface area (Å²) in [6.07, 6.45) is 0. The highest BCUT2D eigenvalue weighted by Crippen LogP contribution is 2.30. The van der Waals surface area contributed by atoms with Gasteiger partial charge in [-0.2, -0.15) is 9.97 Å². The topological polar surface area (TPSA) is 143 Å². The molecule has 2 aromatic heterocycles. The van der Waals surface area contributed by atoms with Crippen LogP contribution in [-0.4, -0.2) is 62.2 Å². The largest absolute Gasteiger partial charge is 0.506 e. The Hall–Kier alpha value is -4.16. The first-order chi connectivity index (χ1) is 18.0. The number of aromatic hydroxyl groups is 1. The van der Waals surface area contributed by atoms with E-state index in [0.29, 0.717) is 18.8 Å². The lowest BCUT2D eigenvalue weighted by Crippen LogP contribution is -2.31. The smallest absolute Gasteiger partial charge is 0.335 e. The third-order valence-electron chi connectivity index (χ3n) is 5.79. The molecule has 1 amide bonds. The zero-order chi connectivity index (χ0) is 27.7. The molecule has 38 heavy (non-hydrogen) atoms. The van der Waals surface area contributed by atoms with Gasteiger partial charge in [0.05, 0.1) is 22.0 Å². The molecule has 2 aromatic carbocycles. The number of likely N-dealkylation sites (N-methyl/N-ethyl adjacent to an activating group) is 1. The van der Waals surface area contributed by atoms with E-state index in [1.807, 2.05) is 19.0 Å². The van der Waals surface area contributed by atoms with Crippen molar-refractivity contribution in [1.29, 1.82) is 0 Å². The molecule has 0 saturated carbocycles. The normalized spacial score (nSPS) is 11.5. The van der Waals surface area contributed by atoms with Crippen LogP contribution in [0.5, 0.6) is 5.75 Å². The molecule has 200 valence electrons. The molecule has 2 heterocycles. The fourth-order valence-electron chi connectivity index (χ4n) is 3.98. The SMILES string of the molecule is CC(C)n1c(=O)n(-c2ccc(Cl)c(O)c2)c2c(N)nc(Nc3c(F)cccc3C(=O)NCCN(C)C)nc21. The van der Waals surface area contributed by atoms with E-state index in [1.54, 1.807) is 19.9 Å². The summed E-state index contributed by atoms with van der Waals surface area (Å²) in [5, 5.41) is 15.7. The van der Waals surface area contributed by atoms with Gasteiger partial charge in [0.1, 0.15) is 17.1 Å². The number of carbonyl (C=O) groups is 1. The van der Waals surface area contributed by atoms with Crippen molar-refractivity contribution in [3.8, 4) is 11.4 Å². The predicted octanol–water partition coefficient (Wildman–Crippen LogP) is 3.28. The second-order valence-corrected chi connectivity index (χ2v) is 9.58. The molecule has 4 aromatic rings. The Kier molecular flexibility index (Phi) is 7.56. The van der Waals surface area contributed by atoms with Crippen molar-refractivity contribution in [2.75, 3.05) is 38.2 Å². The van der Waals surface area contributed by atoms with Crippen molar-refractivity contribution >= 4 is 46.1 Å². The molecule has 11 nitrogen and oxygen atoms in total. The number of hydrogen-bond acceptors (Lipinski definition) is 8. The molecule has 0 aliphatic carbocycles. The number of rotatable bonds is 8. The van der Waals surface area contributed by atoms with Gasteiger partial charge < -0.3 is 26.4 Å². The molecule has 4 rings (SSSR count). The van der Waals surface area contributed by atoms with Crippen molar-refractivity contribution in [2.45, 2.75) is 19.9 Å². The summed E-state index contributed by atoms with van der Waals surface area (Å²) >= 11 is 5.94. The minimum absolute atomic E-state index is 0.0569. The van der Waals surface area contributed by atoms with Gasteiger partial charge in [-0.15, -0.1) is 0 Å². The quantitative estimate of drug-likeness (QED) is 0.265. The first-order valence-electron chi connectivity index (χ1n) is 11.8. The van der Waals surface area contributed by atoms with Gasteiger partial charge in [-0.05, 0) is 52.2 Å². The van der Waals surface area contributed by atoms with E-state index in [0.717, 1.165) is 0 Å². The Balaban J connectivity index is 1.82. The number of aromatic nitrogens is 4. The van der Waals surface area contributed by atoms with Crippen LogP contribution < -0.4 is 22.1 Å². The van der Waals surface area contributed by atoms with Gasteiger partial charge in [0.2, 0.25) is 5.95 Å². The van der Waals surface area contributed by atoms with Crippen LogP contribution in [0.2, 0.25) is 5.02 Å². The maximum absolute atomic E-state index is 14.9. The predicted molar refractivity (Wildman–Crippen MR) is 145 cm³/mol. The zero-order valence-corrected chi connectivity index (χ0v) is 22.0. The molecule has 0 aliphatic heterocycles. The zero-order valence-electron chi connectivity index (χ0n) is 21.3. The fourth-order valence-corrected chi connectivity index (χ4v) is 4.10. The molecule has 13 heteroatoms. The summed E-state index contributed by atoms with van der Waals surface area (Å²) in [4.78, 5) is 36.9. The van der Waals surface area contributed by atoms with E-state index < -0.39 is 17.4 Å². The van der Waals surface area contributed by atoms with E-state index in [1.165, 1.54) is 39.5 Å². The number of phenolic OH excluding ortho intramolecular Hbond substituents is 1. The van der Waals surface area contributed by atoms with Crippen LogP contribution in [0.25, 0.3) is 16.9 Å². The number of carbonyl (C=O) groups excluding carboxylic acids is 1. The number of nitrogen functional groups attached to an aromatic ring is 1. The number of nitrogens with zero attached hydrogens (tertiary/aromatic N) is 5. The summed E-state index contributed by atoms with van der Waals surface area (Å²) in [6, 6.07) is 8.12. The monoisotopic (exact) mass is 542 g/mol. The number of hydrogen-bond donors (Lipinski definition) is 4. The van der Waals surface area contributed by atoms with Gasteiger partial charge in [0.25, 0.3) is 5.91 Å². The van der Waals surface area contributed by atoms with Gasteiger partial charge in [-0.1, -0.05) is 17.7 Å². The second kappa shape index (κ2) is 10.7. The van der Waals surface area contributed by atoms with E-state index in [9.17, 15) is 19.1 Å². The average molecular weight is 543 g/mol. The molecule has 0 bridgehead atoms. The number of halogens is 2. The summed E-state index contributed by atoms with van der Waals surface area (Å²) in [5.41, 5.74) is 6.45. The lowest BCUT2D eigenvalue weighted by atomic mass is 10.1. The van der Waals surface area contributed by atoms with E-state index in [4.69, 9.17) is 17.3 Å². The van der Waals surface area contributed by atoms with Gasteiger partial charge in [0.15, 0.2) is 11.5 Å². The number of para-hydroxylation sites is 1. The molecule has 0 saturated heterocycles.